The van der Waals surface area contributed by atoms with Gasteiger partial charge in [0, 0.05) is 19.1 Å². The van der Waals surface area contributed by atoms with Crippen LogP contribution in [0.3, 0.4) is 0 Å². The van der Waals surface area contributed by atoms with Gasteiger partial charge in [-0.15, -0.1) is 0 Å². The second-order valence-corrected chi connectivity index (χ2v) is 6.55. The van der Waals surface area contributed by atoms with Crippen molar-refractivity contribution in [2.45, 2.75) is 59.0 Å². The van der Waals surface area contributed by atoms with Crippen LogP contribution in [0.4, 0.5) is 0 Å². The Hall–Kier alpha value is -0.820. The average Bonchev–Trinajstić information content (AvgIpc) is 2.26. The highest BCUT2D eigenvalue weighted by atomic mass is 15.1. The van der Waals surface area contributed by atoms with Gasteiger partial charge in [-0.3, -0.25) is 4.90 Å². The summed E-state index contributed by atoms with van der Waals surface area (Å²) in [7, 11) is 0. The molecular formula is C16H25N. The van der Waals surface area contributed by atoms with Gasteiger partial charge in [-0.05, 0) is 42.4 Å². The first-order valence-electron chi connectivity index (χ1n) is 6.74. The van der Waals surface area contributed by atoms with E-state index in [4.69, 9.17) is 0 Å². The zero-order valence-electron chi connectivity index (χ0n) is 11.9. The van der Waals surface area contributed by atoms with E-state index in [1.165, 1.54) is 24.1 Å². The van der Waals surface area contributed by atoms with Crippen molar-refractivity contribution in [1.29, 1.82) is 0 Å². The molecule has 0 aromatic heterocycles. The lowest BCUT2D eigenvalue weighted by molar-refractivity contribution is 0.203. The largest absolute Gasteiger partial charge is 0.296 e. The van der Waals surface area contributed by atoms with E-state index >= 15 is 0 Å². The molecule has 0 aliphatic carbocycles. The fraction of sp³-hybridized carbons (Fsp3) is 0.625. The summed E-state index contributed by atoms with van der Waals surface area (Å²) in [4.78, 5) is 2.55. The van der Waals surface area contributed by atoms with E-state index in [1.54, 1.807) is 5.56 Å². The molecule has 2 rings (SSSR count). The summed E-state index contributed by atoms with van der Waals surface area (Å²) in [5.41, 5.74) is 4.83. The SMILES string of the molecule is CC(C)N1CCc2cc(C(C)(C)C)ccc2C1. The molecular weight excluding hydrogens is 206 g/mol. The van der Waals surface area contributed by atoms with Gasteiger partial charge < -0.3 is 0 Å². The molecule has 0 atom stereocenters. The maximum absolute atomic E-state index is 2.55. The normalized spacial score (nSPS) is 17.3. The van der Waals surface area contributed by atoms with Crippen molar-refractivity contribution >= 4 is 0 Å². The Morgan fingerprint density at radius 1 is 1.12 bits per heavy atom. The van der Waals surface area contributed by atoms with Gasteiger partial charge in [0.05, 0.1) is 0 Å². The van der Waals surface area contributed by atoms with Gasteiger partial charge in [-0.25, -0.2) is 0 Å². The second kappa shape index (κ2) is 4.45. The number of fused-ring (bicyclic) bond motifs is 1. The number of benzene rings is 1. The van der Waals surface area contributed by atoms with Crippen LogP contribution in [0.2, 0.25) is 0 Å². The quantitative estimate of drug-likeness (QED) is 0.711. The fourth-order valence-corrected chi connectivity index (χ4v) is 2.48. The maximum Gasteiger partial charge on any atom is 0.0239 e. The highest BCUT2D eigenvalue weighted by Gasteiger charge is 2.20. The third kappa shape index (κ3) is 2.71. The lowest BCUT2D eigenvalue weighted by Gasteiger charge is -2.33. The monoisotopic (exact) mass is 231 g/mol. The molecule has 0 bridgehead atoms. The minimum Gasteiger partial charge on any atom is -0.296 e. The van der Waals surface area contributed by atoms with Crippen molar-refractivity contribution in [3.8, 4) is 0 Å². The zero-order valence-corrected chi connectivity index (χ0v) is 11.9. The van der Waals surface area contributed by atoms with E-state index in [2.05, 4.69) is 57.7 Å². The second-order valence-electron chi connectivity index (χ2n) is 6.55. The molecule has 0 radical (unpaired) electrons. The van der Waals surface area contributed by atoms with E-state index in [-0.39, 0.29) is 5.41 Å². The molecule has 0 fully saturated rings. The molecule has 0 N–H and O–H groups in total. The van der Waals surface area contributed by atoms with Gasteiger partial charge in [0.2, 0.25) is 0 Å². The standard InChI is InChI=1S/C16H25N/c1-12(2)17-9-8-13-10-15(16(3,4)5)7-6-14(13)11-17/h6-7,10,12H,8-9,11H2,1-5H3. The van der Waals surface area contributed by atoms with Gasteiger partial charge >= 0.3 is 0 Å². The molecule has 1 aromatic rings. The maximum atomic E-state index is 2.55. The topological polar surface area (TPSA) is 3.24 Å². The molecule has 1 nitrogen and oxygen atoms in total. The van der Waals surface area contributed by atoms with Gasteiger partial charge in [0.1, 0.15) is 0 Å². The van der Waals surface area contributed by atoms with E-state index in [0.717, 1.165) is 6.54 Å². The molecule has 1 heterocycles. The van der Waals surface area contributed by atoms with Crippen molar-refractivity contribution < 1.29 is 0 Å². The summed E-state index contributed by atoms with van der Waals surface area (Å²) in [6.45, 7) is 13.8. The van der Waals surface area contributed by atoms with Gasteiger partial charge in [0.15, 0.2) is 0 Å². The van der Waals surface area contributed by atoms with Crippen molar-refractivity contribution in [3.05, 3.63) is 34.9 Å². The van der Waals surface area contributed by atoms with Crippen LogP contribution in [-0.4, -0.2) is 17.5 Å². The van der Waals surface area contributed by atoms with Gasteiger partial charge in [0.25, 0.3) is 0 Å². The Balaban J connectivity index is 2.26. The molecule has 1 aliphatic heterocycles. The van der Waals surface area contributed by atoms with Crippen molar-refractivity contribution in [2.24, 2.45) is 0 Å². The predicted molar refractivity (Wildman–Crippen MR) is 74.4 cm³/mol. The highest BCUT2D eigenvalue weighted by Crippen LogP contribution is 2.27. The van der Waals surface area contributed by atoms with Crippen LogP contribution in [0.15, 0.2) is 18.2 Å². The highest BCUT2D eigenvalue weighted by molar-refractivity contribution is 5.36. The summed E-state index contributed by atoms with van der Waals surface area (Å²) in [6, 6.07) is 7.73. The van der Waals surface area contributed by atoms with Crippen molar-refractivity contribution in [2.75, 3.05) is 6.54 Å². The summed E-state index contributed by atoms with van der Waals surface area (Å²) >= 11 is 0. The Labute approximate surface area is 106 Å². The molecule has 94 valence electrons. The minimum absolute atomic E-state index is 0.268. The van der Waals surface area contributed by atoms with Crippen LogP contribution in [0.5, 0.6) is 0 Å². The Morgan fingerprint density at radius 3 is 2.41 bits per heavy atom. The number of rotatable bonds is 1. The minimum atomic E-state index is 0.268. The lowest BCUT2D eigenvalue weighted by atomic mass is 9.84. The summed E-state index contributed by atoms with van der Waals surface area (Å²) in [6.07, 6.45) is 1.21. The van der Waals surface area contributed by atoms with Crippen molar-refractivity contribution in [3.63, 3.8) is 0 Å². The Bertz CT molecular complexity index is 398. The first-order valence-corrected chi connectivity index (χ1v) is 6.74. The van der Waals surface area contributed by atoms with Crippen LogP contribution in [0.1, 0.15) is 51.3 Å². The molecule has 1 aromatic carbocycles. The molecule has 1 heteroatoms. The smallest absolute Gasteiger partial charge is 0.0239 e. The number of hydrogen-bond donors (Lipinski definition) is 0. The predicted octanol–water partition coefficient (Wildman–Crippen LogP) is 3.75. The Morgan fingerprint density at radius 2 is 1.82 bits per heavy atom. The molecule has 0 unspecified atom stereocenters. The van der Waals surface area contributed by atoms with Crippen LogP contribution in [0, 0.1) is 0 Å². The summed E-state index contributed by atoms with van der Waals surface area (Å²) in [5.74, 6) is 0. The van der Waals surface area contributed by atoms with Crippen LogP contribution < -0.4 is 0 Å². The lowest BCUT2D eigenvalue weighted by Crippen LogP contribution is -2.36. The third-order valence-electron chi connectivity index (χ3n) is 3.84. The molecule has 17 heavy (non-hydrogen) atoms. The first kappa shape index (κ1) is 12.6. The fourth-order valence-electron chi connectivity index (χ4n) is 2.48. The van der Waals surface area contributed by atoms with Crippen LogP contribution in [-0.2, 0) is 18.4 Å². The van der Waals surface area contributed by atoms with Crippen molar-refractivity contribution in [1.82, 2.24) is 4.90 Å². The van der Waals surface area contributed by atoms with E-state index < -0.39 is 0 Å². The average molecular weight is 231 g/mol. The van der Waals surface area contributed by atoms with Crippen LogP contribution in [0.25, 0.3) is 0 Å². The number of nitrogens with zero attached hydrogens (tertiary/aromatic N) is 1. The summed E-state index contributed by atoms with van der Waals surface area (Å²) < 4.78 is 0. The molecule has 0 saturated heterocycles. The molecule has 1 aliphatic rings. The van der Waals surface area contributed by atoms with Gasteiger partial charge in [-0.2, -0.15) is 0 Å². The number of hydrogen-bond acceptors (Lipinski definition) is 1. The van der Waals surface area contributed by atoms with Gasteiger partial charge in [-0.1, -0.05) is 39.0 Å². The van der Waals surface area contributed by atoms with E-state index in [0.29, 0.717) is 6.04 Å². The summed E-state index contributed by atoms with van der Waals surface area (Å²) in [5, 5.41) is 0. The molecule has 0 spiro atoms. The van der Waals surface area contributed by atoms with E-state index in [1.807, 2.05) is 0 Å². The first-order chi connectivity index (χ1) is 7.88. The van der Waals surface area contributed by atoms with E-state index in [9.17, 15) is 0 Å². The van der Waals surface area contributed by atoms with Crippen LogP contribution >= 0.6 is 0 Å². The molecule has 0 amide bonds. The molecule has 0 saturated carbocycles. The Kier molecular flexibility index (Phi) is 3.31. The third-order valence-corrected chi connectivity index (χ3v) is 3.84. The zero-order chi connectivity index (χ0) is 12.6.